The summed E-state index contributed by atoms with van der Waals surface area (Å²) in [5.74, 6) is 1.32. The first-order valence-corrected chi connectivity index (χ1v) is 5.32. The van der Waals surface area contributed by atoms with Crippen LogP contribution in [0, 0.1) is 0 Å². The van der Waals surface area contributed by atoms with Crippen LogP contribution in [-0.4, -0.2) is 10.2 Å². The van der Waals surface area contributed by atoms with Crippen LogP contribution in [0.15, 0.2) is 34.7 Å². The van der Waals surface area contributed by atoms with Crippen LogP contribution in [0.5, 0.6) is 0 Å². The summed E-state index contributed by atoms with van der Waals surface area (Å²) in [6, 6.07) is 9.38. The highest BCUT2D eigenvalue weighted by molar-refractivity contribution is 5.22. The van der Waals surface area contributed by atoms with Crippen molar-refractivity contribution in [1.29, 1.82) is 0 Å². The van der Waals surface area contributed by atoms with E-state index in [9.17, 15) is 0 Å². The number of nitrogens with zero attached hydrogens (tertiary/aromatic N) is 2. The standard InChI is InChI=1S/C12H15N3O/c1-8(2)11-14-15-12(16-11)10(13)9-6-4-3-5-7-9/h3-8,10H,13H2,1-2H3. The van der Waals surface area contributed by atoms with Crippen molar-refractivity contribution in [3.05, 3.63) is 47.7 Å². The summed E-state index contributed by atoms with van der Waals surface area (Å²) in [6.07, 6.45) is 0. The Morgan fingerprint density at radius 2 is 1.69 bits per heavy atom. The number of rotatable bonds is 3. The smallest absolute Gasteiger partial charge is 0.237 e. The average molecular weight is 217 g/mol. The molecule has 16 heavy (non-hydrogen) atoms. The molecule has 0 saturated carbocycles. The Morgan fingerprint density at radius 3 is 2.25 bits per heavy atom. The van der Waals surface area contributed by atoms with Crippen molar-refractivity contribution in [2.24, 2.45) is 5.73 Å². The topological polar surface area (TPSA) is 64.9 Å². The van der Waals surface area contributed by atoms with Crippen LogP contribution in [0.1, 0.15) is 43.2 Å². The normalized spacial score (nSPS) is 13.0. The predicted octanol–water partition coefficient (Wildman–Crippen LogP) is 2.24. The van der Waals surface area contributed by atoms with Crippen LogP contribution in [0.25, 0.3) is 0 Å². The summed E-state index contributed by atoms with van der Waals surface area (Å²) in [5.41, 5.74) is 7.01. The van der Waals surface area contributed by atoms with E-state index in [0.29, 0.717) is 11.8 Å². The van der Waals surface area contributed by atoms with E-state index in [0.717, 1.165) is 5.56 Å². The number of benzene rings is 1. The summed E-state index contributed by atoms with van der Waals surface area (Å²) in [4.78, 5) is 0. The second kappa shape index (κ2) is 4.45. The zero-order valence-corrected chi connectivity index (χ0v) is 9.42. The Hall–Kier alpha value is -1.68. The molecule has 2 aromatic rings. The van der Waals surface area contributed by atoms with E-state index in [1.54, 1.807) is 0 Å². The lowest BCUT2D eigenvalue weighted by atomic mass is 10.1. The van der Waals surface area contributed by atoms with Crippen molar-refractivity contribution in [2.45, 2.75) is 25.8 Å². The summed E-state index contributed by atoms with van der Waals surface area (Å²) >= 11 is 0. The molecule has 1 aromatic heterocycles. The van der Waals surface area contributed by atoms with Crippen LogP contribution in [0.2, 0.25) is 0 Å². The van der Waals surface area contributed by atoms with E-state index in [4.69, 9.17) is 10.2 Å². The maximum Gasteiger partial charge on any atom is 0.237 e. The molecule has 1 unspecified atom stereocenters. The van der Waals surface area contributed by atoms with Crippen LogP contribution < -0.4 is 5.73 Å². The second-order valence-corrected chi connectivity index (χ2v) is 4.02. The fourth-order valence-corrected chi connectivity index (χ4v) is 1.41. The molecule has 0 aliphatic carbocycles. The largest absolute Gasteiger partial charge is 0.423 e. The molecule has 1 atom stereocenters. The number of aromatic nitrogens is 2. The molecule has 1 aromatic carbocycles. The molecular weight excluding hydrogens is 202 g/mol. The van der Waals surface area contributed by atoms with Gasteiger partial charge in [-0.25, -0.2) is 0 Å². The minimum absolute atomic E-state index is 0.226. The highest BCUT2D eigenvalue weighted by atomic mass is 16.4. The van der Waals surface area contributed by atoms with Gasteiger partial charge >= 0.3 is 0 Å². The van der Waals surface area contributed by atoms with E-state index in [1.165, 1.54) is 0 Å². The third kappa shape index (κ3) is 2.12. The van der Waals surface area contributed by atoms with E-state index < -0.39 is 0 Å². The molecule has 4 heteroatoms. The first-order valence-electron chi connectivity index (χ1n) is 5.32. The summed E-state index contributed by atoms with van der Waals surface area (Å²) < 4.78 is 5.51. The van der Waals surface area contributed by atoms with Gasteiger partial charge < -0.3 is 10.2 Å². The molecule has 0 amide bonds. The molecule has 2 N–H and O–H groups in total. The monoisotopic (exact) mass is 217 g/mol. The van der Waals surface area contributed by atoms with Crippen LogP contribution in [0.3, 0.4) is 0 Å². The molecule has 4 nitrogen and oxygen atoms in total. The Balaban J connectivity index is 2.24. The minimum atomic E-state index is -0.346. The third-order valence-corrected chi connectivity index (χ3v) is 2.37. The molecule has 0 fully saturated rings. The van der Waals surface area contributed by atoms with E-state index in [2.05, 4.69) is 10.2 Å². The molecule has 2 rings (SSSR count). The number of hydrogen-bond acceptors (Lipinski definition) is 4. The third-order valence-electron chi connectivity index (χ3n) is 2.37. The van der Waals surface area contributed by atoms with Crippen molar-refractivity contribution in [1.82, 2.24) is 10.2 Å². The lowest BCUT2D eigenvalue weighted by Gasteiger charge is -2.06. The molecular formula is C12H15N3O. The lowest BCUT2D eigenvalue weighted by Crippen LogP contribution is -2.11. The van der Waals surface area contributed by atoms with Gasteiger partial charge in [0.15, 0.2) is 0 Å². The zero-order valence-electron chi connectivity index (χ0n) is 9.42. The Bertz CT molecular complexity index is 450. The van der Waals surface area contributed by atoms with Gasteiger partial charge in [-0.05, 0) is 5.56 Å². The Morgan fingerprint density at radius 1 is 1.06 bits per heavy atom. The molecule has 0 saturated heterocycles. The predicted molar refractivity (Wildman–Crippen MR) is 60.9 cm³/mol. The fourth-order valence-electron chi connectivity index (χ4n) is 1.41. The van der Waals surface area contributed by atoms with Crippen LogP contribution in [-0.2, 0) is 0 Å². The van der Waals surface area contributed by atoms with Crippen LogP contribution >= 0.6 is 0 Å². The molecule has 0 radical (unpaired) electrons. The van der Waals surface area contributed by atoms with Crippen molar-refractivity contribution >= 4 is 0 Å². The lowest BCUT2D eigenvalue weighted by molar-refractivity contribution is 0.419. The average Bonchev–Trinajstić information content (AvgIpc) is 2.78. The van der Waals surface area contributed by atoms with Gasteiger partial charge in [0.05, 0.1) is 0 Å². The van der Waals surface area contributed by atoms with Gasteiger partial charge in [-0.3, -0.25) is 0 Å². The van der Waals surface area contributed by atoms with Gasteiger partial charge in [0.25, 0.3) is 0 Å². The van der Waals surface area contributed by atoms with Gasteiger partial charge in [0.1, 0.15) is 6.04 Å². The molecule has 0 aliphatic heterocycles. The quantitative estimate of drug-likeness (QED) is 0.856. The van der Waals surface area contributed by atoms with E-state index in [-0.39, 0.29) is 12.0 Å². The SMILES string of the molecule is CC(C)c1nnc(C(N)c2ccccc2)o1. The number of hydrogen-bond donors (Lipinski definition) is 1. The van der Waals surface area contributed by atoms with Crippen molar-refractivity contribution in [3.8, 4) is 0 Å². The summed E-state index contributed by atoms with van der Waals surface area (Å²) in [7, 11) is 0. The highest BCUT2D eigenvalue weighted by Crippen LogP contribution is 2.20. The van der Waals surface area contributed by atoms with E-state index >= 15 is 0 Å². The van der Waals surface area contributed by atoms with Gasteiger partial charge in [-0.2, -0.15) is 0 Å². The molecule has 0 aliphatic rings. The molecule has 0 bridgehead atoms. The summed E-state index contributed by atoms with van der Waals surface area (Å²) in [5, 5.41) is 7.94. The first-order chi connectivity index (χ1) is 7.68. The summed E-state index contributed by atoms with van der Waals surface area (Å²) in [6.45, 7) is 4.01. The van der Waals surface area contributed by atoms with E-state index in [1.807, 2.05) is 44.2 Å². The maximum absolute atomic E-state index is 6.03. The van der Waals surface area contributed by atoms with Gasteiger partial charge in [0, 0.05) is 5.92 Å². The Kier molecular flexibility index (Phi) is 3.01. The van der Waals surface area contributed by atoms with Crippen molar-refractivity contribution in [3.63, 3.8) is 0 Å². The van der Waals surface area contributed by atoms with Crippen molar-refractivity contribution in [2.75, 3.05) is 0 Å². The second-order valence-electron chi connectivity index (χ2n) is 4.02. The minimum Gasteiger partial charge on any atom is -0.423 e. The Labute approximate surface area is 94.5 Å². The highest BCUT2D eigenvalue weighted by Gasteiger charge is 2.17. The van der Waals surface area contributed by atoms with Gasteiger partial charge in [0.2, 0.25) is 11.8 Å². The maximum atomic E-state index is 6.03. The zero-order chi connectivity index (χ0) is 11.5. The fraction of sp³-hybridized carbons (Fsp3) is 0.333. The first kappa shape index (κ1) is 10.8. The van der Waals surface area contributed by atoms with Gasteiger partial charge in [-0.15, -0.1) is 10.2 Å². The van der Waals surface area contributed by atoms with Gasteiger partial charge in [-0.1, -0.05) is 44.2 Å². The van der Waals surface area contributed by atoms with Crippen LogP contribution in [0.4, 0.5) is 0 Å². The molecule has 1 heterocycles. The van der Waals surface area contributed by atoms with Crippen molar-refractivity contribution < 1.29 is 4.42 Å². The number of nitrogens with two attached hydrogens (primary N) is 1. The molecule has 84 valence electrons. The molecule has 0 spiro atoms.